The Labute approximate surface area is 249 Å². The van der Waals surface area contributed by atoms with Crippen LogP contribution in [0.3, 0.4) is 0 Å². The Kier molecular flexibility index (Phi) is 6.22. The molecule has 2 saturated carbocycles. The average molecular weight is 592 g/mol. The number of hydrogen-bond donors (Lipinski definition) is 0. The van der Waals surface area contributed by atoms with E-state index in [2.05, 4.69) is 12.1 Å². The predicted molar refractivity (Wildman–Crippen MR) is 150 cm³/mol. The number of benzene rings is 1. The maximum atomic E-state index is 5.26. The zero-order valence-electron chi connectivity index (χ0n) is 23.0. The molecule has 9 rings (SSSR count). The Morgan fingerprint density at radius 1 is 0.512 bits per heavy atom. The van der Waals surface area contributed by atoms with Crippen molar-refractivity contribution in [3.8, 4) is 22.8 Å². The first kappa shape index (κ1) is 25.5. The minimum Gasteiger partial charge on any atom is -0.366 e. The smallest absolute Gasteiger partial charge is 0.366 e. The van der Waals surface area contributed by atoms with E-state index in [0.717, 1.165) is 97.1 Å². The summed E-state index contributed by atoms with van der Waals surface area (Å²) in [5.41, 5.74) is 6.08. The van der Waals surface area contributed by atoms with Crippen molar-refractivity contribution in [3.05, 3.63) is 58.7 Å². The molecule has 5 heterocycles. The van der Waals surface area contributed by atoms with Gasteiger partial charge in [-0.05, 0) is 86.0 Å². The van der Waals surface area contributed by atoms with Gasteiger partial charge < -0.3 is 29.9 Å². The van der Waals surface area contributed by atoms with Crippen molar-refractivity contribution >= 4 is 11.3 Å². The Balaban J connectivity index is 0.00000256. The fourth-order valence-corrected chi connectivity index (χ4v) is 8.01. The van der Waals surface area contributed by atoms with Crippen molar-refractivity contribution in [1.82, 2.24) is 39.9 Å². The van der Waals surface area contributed by atoms with Crippen molar-refractivity contribution in [2.24, 2.45) is 0 Å². The standard InChI is InChI=1S/C32H32N8.Cu/c1-2-10-18-17(9-1)25-33-26(18)38-28-21-13-5-6-14-22(21)30(35-28)40-32-24-16-8-7-15-23(24)31(36-32)39-29-20-12-4-3-11-19(20)27(34-29)37-25;/h1-2,9-10,19-20,23-24H,3-8,11-16H2;/q-2;+2/t19-,20?,23-,24?;/m0./s1. The van der Waals surface area contributed by atoms with Crippen LogP contribution in [0.15, 0.2) is 24.3 Å². The molecule has 211 valence electrons. The van der Waals surface area contributed by atoms with Crippen molar-refractivity contribution < 1.29 is 17.1 Å². The fraction of sp³-hybridized carbons (Fsp3) is 0.500. The van der Waals surface area contributed by atoms with Crippen LogP contribution in [0, 0.1) is 0 Å². The molecule has 0 amide bonds. The van der Waals surface area contributed by atoms with Crippen LogP contribution in [0.2, 0.25) is 0 Å². The maximum absolute atomic E-state index is 5.26. The number of aryl methyl sites for hydroxylation is 2. The van der Waals surface area contributed by atoms with E-state index in [1.165, 1.54) is 36.8 Å². The summed E-state index contributed by atoms with van der Waals surface area (Å²) in [6.45, 7) is 0. The topological polar surface area (TPSA) is 106 Å². The molecule has 2 aromatic heterocycles. The summed E-state index contributed by atoms with van der Waals surface area (Å²) in [4.78, 5) is 41.1. The van der Waals surface area contributed by atoms with Crippen molar-refractivity contribution in [2.75, 3.05) is 0 Å². The van der Waals surface area contributed by atoms with Gasteiger partial charge >= 0.3 is 17.1 Å². The average Bonchev–Trinajstić information content (AvgIpc) is 3.73. The molecular formula is C32H32CuN8. The molecule has 3 aliphatic carbocycles. The van der Waals surface area contributed by atoms with Gasteiger partial charge in [-0.3, -0.25) is 4.98 Å². The van der Waals surface area contributed by atoms with Gasteiger partial charge in [0.25, 0.3) is 0 Å². The summed E-state index contributed by atoms with van der Waals surface area (Å²) < 4.78 is 0. The van der Waals surface area contributed by atoms with Crippen LogP contribution in [-0.4, -0.2) is 29.9 Å². The first-order valence-corrected chi connectivity index (χ1v) is 15.3. The molecule has 4 atom stereocenters. The van der Waals surface area contributed by atoms with Gasteiger partial charge in [-0.25, -0.2) is 4.98 Å². The maximum Gasteiger partial charge on any atom is 2.00 e. The third kappa shape index (κ3) is 4.07. The van der Waals surface area contributed by atoms with Gasteiger partial charge in [0.05, 0.1) is 23.3 Å². The molecule has 8 bridgehead atoms. The van der Waals surface area contributed by atoms with E-state index in [-0.39, 0.29) is 17.1 Å². The van der Waals surface area contributed by atoms with Crippen LogP contribution in [0.5, 0.6) is 0 Å². The monoisotopic (exact) mass is 591 g/mol. The van der Waals surface area contributed by atoms with Crippen LogP contribution >= 0.6 is 0 Å². The summed E-state index contributed by atoms with van der Waals surface area (Å²) in [5.74, 6) is 6.30. The molecule has 1 aromatic carbocycles. The minimum absolute atomic E-state index is 0. The van der Waals surface area contributed by atoms with Gasteiger partial charge in [0.1, 0.15) is 0 Å². The molecular weight excluding hydrogens is 560 g/mol. The second-order valence-corrected chi connectivity index (χ2v) is 12.3. The molecule has 9 heteroatoms. The number of hydrogen-bond acceptors (Lipinski definition) is 6. The minimum atomic E-state index is 0. The number of aromatic nitrogens is 8. The van der Waals surface area contributed by atoms with E-state index in [0.29, 0.717) is 35.3 Å². The summed E-state index contributed by atoms with van der Waals surface area (Å²) in [5, 5.41) is 0. The molecule has 0 spiro atoms. The van der Waals surface area contributed by atoms with E-state index in [1.54, 1.807) is 0 Å². The van der Waals surface area contributed by atoms with E-state index < -0.39 is 0 Å². The first-order valence-electron chi connectivity index (χ1n) is 15.3. The van der Waals surface area contributed by atoms with Crippen molar-refractivity contribution in [3.63, 3.8) is 0 Å². The molecule has 3 aromatic rings. The number of rotatable bonds is 0. The molecule has 8 nitrogen and oxygen atoms in total. The molecule has 2 fully saturated rings. The van der Waals surface area contributed by atoms with Crippen molar-refractivity contribution in [2.45, 2.75) is 101 Å². The molecule has 41 heavy (non-hydrogen) atoms. The summed E-state index contributed by atoms with van der Waals surface area (Å²) in [6.07, 6.45) is 13.6. The molecule has 6 aliphatic rings. The molecule has 0 saturated heterocycles. The van der Waals surface area contributed by atoms with Crippen LogP contribution in [-0.2, 0) is 29.9 Å². The van der Waals surface area contributed by atoms with Gasteiger partial charge in [0, 0.05) is 34.3 Å². The van der Waals surface area contributed by atoms with E-state index in [4.69, 9.17) is 39.9 Å². The zero-order valence-corrected chi connectivity index (χ0v) is 23.9. The second-order valence-electron chi connectivity index (χ2n) is 12.3. The summed E-state index contributed by atoms with van der Waals surface area (Å²) in [6, 6.07) is 8.29. The summed E-state index contributed by atoms with van der Waals surface area (Å²) >= 11 is 0. The Hall–Kier alpha value is -3.16. The van der Waals surface area contributed by atoms with E-state index in [1.807, 2.05) is 12.1 Å². The molecule has 3 aliphatic heterocycles. The summed E-state index contributed by atoms with van der Waals surface area (Å²) in [7, 11) is 0. The van der Waals surface area contributed by atoms with Gasteiger partial charge in [0.2, 0.25) is 0 Å². The third-order valence-corrected chi connectivity index (χ3v) is 10.0. The number of nitrogens with zero attached hydrogens (tertiary/aromatic N) is 8. The molecule has 1 radical (unpaired) electrons. The van der Waals surface area contributed by atoms with Crippen LogP contribution in [0.1, 0.15) is 122 Å². The normalized spacial score (nSPS) is 25.2. The van der Waals surface area contributed by atoms with E-state index in [9.17, 15) is 0 Å². The SMILES string of the molecule is [Cu+2].c1ccc2c(c1)-c1nc-2nc2[n-]c(nc3nc(nc4[n-]c(n1)[C@H]1CCCCC41)[C@H]1CCCCC31)c1c2CCCC1. The Morgan fingerprint density at radius 3 is 1.71 bits per heavy atom. The Bertz CT molecular complexity index is 1720. The molecule has 2 unspecified atom stereocenters. The first-order chi connectivity index (χ1) is 19.8. The van der Waals surface area contributed by atoms with E-state index >= 15 is 0 Å². The fourth-order valence-electron chi connectivity index (χ4n) is 8.01. The van der Waals surface area contributed by atoms with Gasteiger partial charge in [-0.1, -0.05) is 49.9 Å². The predicted octanol–water partition coefficient (Wildman–Crippen LogP) is 5.97. The van der Waals surface area contributed by atoms with Crippen LogP contribution < -0.4 is 9.97 Å². The van der Waals surface area contributed by atoms with Crippen LogP contribution in [0.4, 0.5) is 0 Å². The van der Waals surface area contributed by atoms with Gasteiger partial charge in [-0.2, -0.15) is 0 Å². The van der Waals surface area contributed by atoms with Gasteiger partial charge in [0.15, 0.2) is 0 Å². The van der Waals surface area contributed by atoms with Gasteiger partial charge in [-0.15, -0.1) is 0 Å². The third-order valence-electron chi connectivity index (χ3n) is 10.0. The largest absolute Gasteiger partial charge is 2.00 e. The quantitative estimate of drug-likeness (QED) is 0.230. The van der Waals surface area contributed by atoms with Crippen molar-refractivity contribution in [1.29, 1.82) is 0 Å². The number of fused-ring (bicyclic) bond motifs is 20. The molecule has 0 N–H and O–H groups in total. The Morgan fingerprint density at radius 2 is 1.05 bits per heavy atom. The zero-order chi connectivity index (χ0) is 26.2. The van der Waals surface area contributed by atoms with Crippen LogP contribution in [0.25, 0.3) is 34.1 Å². The second kappa shape index (κ2) is 9.99.